The van der Waals surface area contributed by atoms with Gasteiger partial charge in [0, 0.05) is 34.1 Å². The van der Waals surface area contributed by atoms with Crippen LogP contribution in [-0.2, 0) is 0 Å². The third kappa shape index (κ3) is 6.80. The van der Waals surface area contributed by atoms with Crippen molar-refractivity contribution in [3.8, 4) is 0 Å². The molecule has 10 rings (SSSR count). The molecule has 2 heteroatoms. The predicted octanol–water partition coefficient (Wildman–Crippen LogP) is 15.2. The Morgan fingerprint density at radius 2 is 0.768 bits per heavy atom. The van der Waals surface area contributed by atoms with Crippen LogP contribution in [0.1, 0.15) is 36.8 Å². The van der Waals surface area contributed by atoms with E-state index in [1.807, 2.05) is 0 Å². The lowest BCUT2D eigenvalue weighted by atomic mass is 9.76. The lowest BCUT2D eigenvalue weighted by molar-refractivity contribution is 0.333. The van der Waals surface area contributed by atoms with Crippen molar-refractivity contribution in [2.24, 2.45) is 11.8 Å². The summed E-state index contributed by atoms with van der Waals surface area (Å²) < 4.78 is 0. The SMILES string of the molecule is C1=CC2CCCCC2C=C1N(c1ccc(C=Cc2ccc(N(c3ccc4ccccc4c3)c3ccc4ccccc4c3)cc2)cc1)c1ccc2ccccc2c1. The number of hydrogen-bond acceptors (Lipinski definition) is 2. The van der Waals surface area contributed by atoms with Crippen LogP contribution in [0.2, 0.25) is 0 Å². The van der Waals surface area contributed by atoms with Crippen LogP contribution in [0.5, 0.6) is 0 Å². The fourth-order valence-corrected chi connectivity index (χ4v) is 8.78. The molecule has 56 heavy (non-hydrogen) atoms. The first-order valence-electron chi connectivity index (χ1n) is 20.1. The predicted molar refractivity (Wildman–Crippen MR) is 240 cm³/mol. The van der Waals surface area contributed by atoms with Gasteiger partial charge in [0.1, 0.15) is 0 Å². The lowest BCUT2D eigenvalue weighted by Gasteiger charge is -2.34. The van der Waals surface area contributed by atoms with Crippen molar-refractivity contribution in [2.75, 3.05) is 9.80 Å². The third-order valence-corrected chi connectivity index (χ3v) is 11.8. The smallest absolute Gasteiger partial charge is 0.0468 e. The van der Waals surface area contributed by atoms with Gasteiger partial charge in [-0.25, -0.2) is 0 Å². The minimum absolute atomic E-state index is 0.618. The maximum absolute atomic E-state index is 2.54. The van der Waals surface area contributed by atoms with Gasteiger partial charge in [-0.05, 0) is 135 Å². The summed E-state index contributed by atoms with van der Waals surface area (Å²) in [5, 5.41) is 7.46. The van der Waals surface area contributed by atoms with E-state index in [0.29, 0.717) is 11.8 Å². The zero-order valence-electron chi connectivity index (χ0n) is 31.5. The minimum Gasteiger partial charge on any atom is -0.311 e. The Bertz CT molecular complexity index is 2690. The highest BCUT2D eigenvalue weighted by Gasteiger charge is 2.26. The monoisotopic (exact) mass is 720 g/mol. The normalized spacial score (nSPS) is 16.6. The lowest BCUT2D eigenvalue weighted by Crippen LogP contribution is -2.23. The highest BCUT2D eigenvalue weighted by molar-refractivity contribution is 5.93. The molecule has 2 atom stereocenters. The highest BCUT2D eigenvalue weighted by atomic mass is 15.1. The summed E-state index contributed by atoms with van der Waals surface area (Å²) in [5.41, 5.74) is 9.37. The van der Waals surface area contributed by atoms with Crippen LogP contribution in [0.25, 0.3) is 44.5 Å². The third-order valence-electron chi connectivity index (χ3n) is 11.8. The molecule has 0 saturated heterocycles. The largest absolute Gasteiger partial charge is 0.311 e. The van der Waals surface area contributed by atoms with Gasteiger partial charge in [-0.3, -0.25) is 0 Å². The Kier molecular flexibility index (Phi) is 9.01. The molecule has 0 radical (unpaired) electrons. The van der Waals surface area contributed by atoms with E-state index in [-0.39, 0.29) is 0 Å². The first kappa shape index (κ1) is 33.9. The highest BCUT2D eigenvalue weighted by Crippen LogP contribution is 2.41. The van der Waals surface area contributed by atoms with Gasteiger partial charge in [0.05, 0.1) is 0 Å². The summed E-state index contributed by atoms with van der Waals surface area (Å²) in [6.07, 6.45) is 17.1. The summed E-state index contributed by atoms with van der Waals surface area (Å²) in [6.45, 7) is 0. The Labute approximate surface area is 330 Å². The summed E-state index contributed by atoms with van der Waals surface area (Å²) in [5.74, 6) is 1.29. The van der Waals surface area contributed by atoms with Gasteiger partial charge < -0.3 is 9.80 Å². The van der Waals surface area contributed by atoms with Crippen LogP contribution in [0.4, 0.5) is 28.4 Å². The zero-order valence-corrected chi connectivity index (χ0v) is 31.5. The Hall–Kier alpha value is -6.64. The van der Waals surface area contributed by atoms with Crippen LogP contribution >= 0.6 is 0 Å². The number of nitrogens with zero attached hydrogens (tertiary/aromatic N) is 2. The average Bonchev–Trinajstić information content (AvgIpc) is 3.26. The van der Waals surface area contributed by atoms with Gasteiger partial charge in [0.25, 0.3) is 0 Å². The van der Waals surface area contributed by atoms with Crippen LogP contribution in [0, 0.1) is 11.8 Å². The second-order valence-electron chi connectivity index (χ2n) is 15.3. The molecule has 2 nitrogen and oxygen atoms in total. The van der Waals surface area contributed by atoms with Crippen molar-refractivity contribution in [3.63, 3.8) is 0 Å². The minimum atomic E-state index is 0.618. The summed E-state index contributed by atoms with van der Waals surface area (Å²) in [6, 6.07) is 64.0. The van der Waals surface area contributed by atoms with Gasteiger partial charge in [0.2, 0.25) is 0 Å². The van der Waals surface area contributed by atoms with E-state index < -0.39 is 0 Å². The fourth-order valence-electron chi connectivity index (χ4n) is 8.78. The standard InChI is InChI=1S/C54H44N2/c1-5-13-45-35-51(31-23-41(45)9-1)55(52-32-24-42-10-2-6-14-46(42)36-52)49-27-19-39(20-28-49)17-18-40-21-29-50(30-22-40)56(53-33-25-43-11-3-7-15-47(43)37-53)54-34-26-44-12-4-8-16-48(44)38-54/h1-3,5-7,9-11,13-15,17-38,44,48H,4,8,12,16H2. The Morgan fingerprint density at radius 3 is 1.25 bits per heavy atom. The molecule has 0 aromatic heterocycles. The molecule has 8 aromatic rings. The molecule has 0 aliphatic heterocycles. The number of fused-ring (bicyclic) bond motifs is 4. The fraction of sp³-hybridized carbons (Fsp3) is 0.111. The molecule has 8 aromatic carbocycles. The maximum Gasteiger partial charge on any atom is 0.0468 e. The van der Waals surface area contributed by atoms with Gasteiger partial charge in [-0.2, -0.15) is 0 Å². The molecule has 1 fully saturated rings. The topological polar surface area (TPSA) is 6.48 Å². The second kappa shape index (κ2) is 14.9. The number of allylic oxidation sites excluding steroid dienone is 3. The van der Waals surface area contributed by atoms with Gasteiger partial charge in [0.15, 0.2) is 0 Å². The Balaban J connectivity index is 0.938. The van der Waals surface area contributed by atoms with E-state index >= 15 is 0 Å². The van der Waals surface area contributed by atoms with Gasteiger partial charge in [-0.15, -0.1) is 0 Å². The van der Waals surface area contributed by atoms with Crippen molar-refractivity contribution in [1.82, 2.24) is 0 Å². The molecule has 0 spiro atoms. The van der Waals surface area contributed by atoms with E-state index in [1.54, 1.807) is 0 Å². The van der Waals surface area contributed by atoms with E-state index in [1.165, 1.54) is 80.6 Å². The number of rotatable bonds is 8. The van der Waals surface area contributed by atoms with Gasteiger partial charge in [-0.1, -0.05) is 152 Å². The number of benzene rings is 8. The molecule has 1 saturated carbocycles. The first-order valence-corrected chi connectivity index (χ1v) is 20.1. The number of hydrogen-bond donors (Lipinski definition) is 0. The van der Waals surface area contributed by atoms with Crippen LogP contribution < -0.4 is 9.80 Å². The van der Waals surface area contributed by atoms with Crippen molar-refractivity contribution in [2.45, 2.75) is 25.7 Å². The molecule has 0 N–H and O–H groups in total. The second-order valence-corrected chi connectivity index (χ2v) is 15.3. The molecule has 0 bridgehead atoms. The Morgan fingerprint density at radius 1 is 0.375 bits per heavy atom. The van der Waals surface area contributed by atoms with Crippen LogP contribution in [0.15, 0.2) is 200 Å². The van der Waals surface area contributed by atoms with Crippen LogP contribution in [0.3, 0.4) is 0 Å². The molecule has 2 unspecified atom stereocenters. The first-order chi connectivity index (χ1) is 27.7. The van der Waals surface area contributed by atoms with Crippen molar-refractivity contribution < 1.29 is 0 Å². The summed E-state index contributed by atoms with van der Waals surface area (Å²) in [7, 11) is 0. The summed E-state index contributed by atoms with van der Waals surface area (Å²) in [4.78, 5) is 4.80. The quantitative estimate of drug-likeness (QED) is 0.144. The van der Waals surface area contributed by atoms with E-state index in [2.05, 4.69) is 216 Å². The van der Waals surface area contributed by atoms with E-state index in [4.69, 9.17) is 0 Å². The molecule has 2 aliphatic rings. The molecular weight excluding hydrogens is 677 g/mol. The van der Waals surface area contributed by atoms with Crippen molar-refractivity contribution in [1.29, 1.82) is 0 Å². The average molecular weight is 721 g/mol. The zero-order chi connectivity index (χ0) is 37.3. The summed E-state index contributed by atoms with van der Waals surface area (Å²) >= 11 is 0. The van der Waals surface area contributed by atoms with Crippen molar-refractivity contribution in [3.05, 3.63) is 211 Å². The van der Waals surface area contributed by atoms with Crippen molar-refractivity contribution >= 4 is 72.9 Å². The molecule has 0 heterocycles. The molecule has 0 amide bonds. The molecule has 2 aliphatic carbocycles. The molecule has 270 valence electrons. The van der Waals surface area contributed by atoms with E-state index in [9.17, 15) is 0 Å². The number of anilines is 5. The van der Waals surface area contributed by atoms with Crippen LogP contribution in [-0.4, -0.2) is 0 Å². The van der Waals surface area contributed by atoms with E-state index in [0.717, 1.165) is 22.6 Å². The molecular formula is C54H44N2. The maximum atomic E-state index is 2.54. The van der Waals surface area contributed by atoms with Gasteiger partial charge >= 0.3 is 0 Å².